The maximum atomic E-state index is 12.5. The average molecular weight is 345 g/mol. The number of hydrogen-bond acceptors (Lipinski definition) is 4. The molecule has 0 spiro atoms. The normalized spacial score (nSPS) is 16.9. The van der Waals surface area contributed by atoms with Gasteiger partial charge in [0.1, 0.15) is 4.21 Å². The maximum absolute atomic E-state index is 12.5. The fourth-order valence-electron chi connectivity index (χ4n) is 2.96. The summed E-state index contributed by atoms with van der Waals surface area (Å²) in [6.45, 7) is 2.50. The van der Waals surface area contributed by atoms with Crippen molar-refractivity contribution in [3.05, 3.63) is 17.5 Å². The van der Waals surface area contributed by atoms with Crippen molar-refractivity contribution in [3.8, 4) is 0 Å². The lowest BCUT2D eigenvalue weighted by molar-refractivity contribution is -0.133. The highest BCUT2D eigenvalue weighted by atomic mass is 32.2. The summed E-state index contributed by atoms with van der Waals surface area (Å²) in [5.74, 6) is -0.1000. The minimum absolute atomic E-state index is 0.0927. The predicted octanol–water partition coefficient (Wildman–Crippen LogP) is 2.55. The van der Waals surface area contributed by atoms with E-state index in [-0.39, 0.29) is 22.7 Å². The highest BCUT2D eigenvalue weighted by molar-refractivity contribution is 7.91. The van der Waals surface area contributed by atoms with E-state index in [9.17, 15) is 13.2 Å². The third-order valence-corrected chi connectivity index (χ3v) is 7.37. The van der Waals surface area contributed by atoms with Crippen molar-refractivity contribution < 1.29 is 13.2 Å². The van der Waals surface area contributed by atoms with E-state index in [0.717, 1.165) is 30.0 Å². The number of carbonyl (C=O) groups is 1. The molecule has 7 heteroatoms. The Morgan fingerprint density at radius 2 is 2.00 bits per heavy atom. The van der Waals surface area contributed by atoms with E-state index >= 15 is 0 Å². The van der Waals surface area contributed by atoms with E-state index in [4.69, 9.17) is 0 Å². The molecule has 0 unspecified atom stereocenters. The fourth-order valence-corrected chi connectivity index (χ4v) is 5.28. The Balaban J connectivity index is 2.03. The van der Waals surface area contributed by atoms with E-state index in [2.05, 4.69) is 0 Å². The van der Waals surface area contributed by atoms with Gasteiger partial charge in [-0.15, -0.1) is 11.3 Å². The highest BCUT2D eigenvalue weighted by Crippen LogP contribution is 2.24. The first-order valence-corrected chi connectivity index (χ1v) is 10.1. The Hall–Kier alpha value is -0.920. The third-order valence-electron chi connectivity index (χ3n) is 4.19. The van der Waals surface area contributed by atoms with Gasteiger partial charge in [-0.05, 0) is 31.2 Å². The second-order valence-corrected chi connectivity index (χ2v) is 8.88. The van der Waals surface area contributed by atoms with Crippen molar-refractivity contribution in [2.45, 2.75) is 49.3 Å². The molecule has 1 aromatic rings. The van der Waals surface area contributed by atoms with E-state index < -0.39 is 10.0 Å². The fraction of sp³-hybridized carbons (Fsp3) is 0.667. The number of nitrogens with zero attached hydrogens (tertiary/aromatic N) is 2. The predicted molar refractivity (Wildman–Crippen MR) is 88.4 cm³/mol. The topological polar surface area (TPSA) is 57.7 Å². The molecule has 124 valence electrons. The third kappa shape index (κ3) is 3.88. The molecule has 22 heavy (non-hydrogen) atoms. The monoisotopic (exact) mass is 344 g/mol. The number of likely N-dealkylation sites (N-methyl/N-ethyl adjacent to an activating group) is 2. The molecule has 1 saturated carbocycles. The van der Waals surface area contributed by atoms with Crippen molar-refractivity contribution in [3.63, 3.8) is 0 Å². The number of hydrogen-bond donors (Lipinski definition) is 0. The van der Waals surface area contributed by atoms with Gasteiger partial charge in [0.2, 0.25) is 5.91 Å². The molecular weight excluding hydrogens is 320 g/mol. The molecule has 1 fully saturated rings. The standard InChI is InChI=1S/C15H24N2O3S2/c1-3-17(13-8-5-4-6-9-13)14(18)12-16(2)22(19,20)15-10-7-11-21-15/h7,10-11,13H,3-6,8-9,12H2,1-2H3. The first-order valence-electron chi connectivity index (χ1n) is 7.76. The lowest BCUT2D eigenvalue weighted by atomic mass is 9.94. The van der Waals surface area contributed by atoms with Gasteiger partial charge < -0.3 is 4.90 Å². The van der Waals surface area contributed by atoms with E-state index in [0.29, 0.717) is 6.54 Å². The lowest BCUT2D eigenvalue weighted by Gasteiger charge is -2.34. The van der Waals surface area contributed by atoms with Gasteiger partial charge in [0, 0.05) is 19.6 Å². The molecule has 1 aliphatic carbocycles. The molecule has 1 aliphatic rings. The second kappa shape index (κ2) is 7.57. The van der Waals surface area contributed by atoms with Crippen LogP contribution in [0, 0.1) is 0 Å². The molecule has 1 aromatic heterocycles. The lowest BCUT2D eigenvalue weighted by Crippen LogP contribution is -2.46. The van der Waals surface area contributed by atoms with Crippen molar-refractivity contribution in [1.29, 1.82) is 0 Å². The molecule has 0 atom stereocenters. The molecule has 0 aromatic carbocycles. The van der Waals surface area contributed by atoms with Crippen LogP contribution in [-0.2, 0) is 14.8 Å². The number of carbonyl (C=O) groups excluding carboxylic acids is 1. The summed E-state index contributed by atoms with van der Waals surface area (Å²) in [5, 5.41) is 1.73. The van der Waals surface area contributed by atoms with Crippen LogP contribution >= 0.6 is 11.3 Å². The molecule has 2 rings (SSSR count). The van der Waals surface area contributed by atoms with E-state index in [1.54, 1.807) is 17.5 Å². The van der Waals surface area contributed by atoms with Gasteiger partial charge >= 0.3 is 0 Å². The van der Waals surface area contributed by atoms with Gasteiger partial charge in [-0.3, -0.25) is 4.79 Å². The van der Waals surface area contributed by atoms with Crippen LogP contribution in [0.25, 0.3) is 0 Å². The summed E-state index contributed by atoms with van der Waals surface area (Å²) in [4.78, 5) is 14.4. The molecule has 0 radical (unpaired) electrons. The minimum Gasteiger partial charge on any atom is -0.339 e. The Labute approximate surface area is 137 Å². The summed E-state index contributed by atoms with van der Waals surface area (Å²) in [7, 11) is -2.08. The van der Waals surface area contributed by atoms with Crippen LogP contribution in [-0.4, -0.2) is 49.7 Å². The molecule has 1 amide bonds. The SMILES string of the molecule is CCN(C(=O)CN(C)S(=O)(=O)c1cccs1)C1CCCCC1. The Morgan fingerprint density at radius 1 is 1.32 bits per heavy atom. The average Bonchev–Trinajstić information content (AvgIpc) is 3.04. The number of rotatable bonds is 6. The summed E-state index contributed by atoms with van der Waals surface area (Å²) >= 11 is 1.17. The van der Waals surface area contributed by atoms with Crippen LogP contribution in [0.1, 0.15) is 39.0 Å². The quantitative estimate of drug-likeness (QED) is 0.797. The molecule has 5 nitrogen and oxygen atoms in total. The van der Waals surface area contributed by atoms with Crippen LogP contribution in [0.3, 0.4) is 0 Å². The highest BCUT2D eigenvalue weighted by Gasteiger charge is 2.29. The number of amides is 1. The molecule has 0 N–H and O–H groups in total. The number of sulfonamides is 1. The van der Waals surface area contributed by atoms with Gasteiger partial charge in [0.05, 0.1) is 6.54 Å². The molecule has 0 bridgehead atoms. The van der Waals surface area contributed by atoms with Crippen LogP contribution in [0.2, 0.25) is 0 Å². The van der Waals surface area contributed by atoms with Gasteiger partial charge in [-0.2, -0.15) is 4.31 Å². The zero-order chi connectivity index (χ0) is 16.2. The summed E-state index contributed by atoms with van der Waals surface area (Å²) in [6.07, 6.45) is 5.59. The molecule has 0 saturated heterocycles. The largest absolute Gasteiger partial charge is 0.339 e. The van der Waals surface area contributed by atoms with Gasteiger partial charge in [-0.1, -0.05) is 25.3 Å². The number of thiophene rings is 1. The Morgan fingerprint density at radius 3 is 2.55 bits per heavy atom. The zero-order valence-electron chi connectivity index (χ0n) is 13.2. The molecular formula is C15H24N2O3S2. The van der Waals surface area contributed by atoms with E-state index in [1.807, 2.05) is 11.8 Å². The van der Waals surface area contributed by atoms with Crippen molar-refractivity contribution >= 4 is 27.3 Å². The first kappa shape index (κ1) is 17.4. The smallest absolute Gasteiger partial charge is 0.252 e. The summed E-state index contributed by atoms with van der Waals surface area (Å²) in [6, 6.07) is 3.54. The molecule has 0 aliphatic heterocycles. The maximum Gasteiger partial charge on any atom is 0.252 e. The van der Waals surface area contributed by atoms with Gasteiger partial charge in [-0.25, -0.2) is 8.42 Å². The molecule has 1 heterocycles. The first-order chi connectivity index (χ1) is 10.5. The summed E-state index contributed by atoms with van der Waals surface area (Å²) in [5.41, 5.74) is 0. The van der Waals surface area contributed by atoms with Crippen molar-refractivity contribution in [1.82, 2.24) is 9.21 Å². The van der Waals surface area contributed by atoms with Crippen LogP contribution in [0.4, 0.5) is 0 Å². The van der Waals surface area contributed by atoms with Crippen LogP contribution in [0.15, 0.2) is 21.7 Å². The van der Waals surface area contributed by atoms with Crippen molar-refractivity contribution in [2.75, 3.05) is 20.1 Å². The minimum atomic E-state index is -3.56. The Kier molecular flexibility index (Phi) is 6.00. The van der Waals surface area contributed by atoms with Gasteiger partial charge in [0.15, 0.2) is 0 Å². The van der Waals surface area contributed by atoms with Crippen molar-refractivity contribution in [2.24, 2.45) is 0 Å². The zero-order valence-corrected chi connectivity index (χ0v) is 14.8. The van der Waals surface area contributed by atoms with E-state index in [1.165, 1.54) is 24.8 Å². The van der Waals surface area contributed by atoms with Crippen LogP contribution < -0.4 is 0 Å². The Bertz CT molecular complexity index is 578. The summed E-state index contributed by atoms with van der Waals surface area (Å²) < 4.78 is 26.2. The van der Waals surface area contributed by atoms with Crippen LogP contribution in [0.5, 0.6) is 0 Å². The van der Waals surface area contributed by atoms with Gasteiger partial charge in [0.25, 0.3) is 10.0 Å². The second-order valence-electron chi connectivity index (χ2n) is 5.66.